The van der Waals surface area contributed by atoms with Crippen molar-refractivity contribution in [1.29, 1.82) is 0 Å². The number of fused-ring (bicyclic) bond motifs is 2. The molecular weight excluding hydrogens is 596 g/mol. The van der Waals surface area contributed by atoms with Crippen molar-refractivity contribution in [1.82, 2.24) is 9.97 Å². The number of hydrogen-bond acceptors (Lipinski definition) is 6. The van der Waals surface area contributed by atoms with Crippen LogP contribution in [0.1, 0.15) is 65.2 Å². The maximum absolute atomic E-state index is 12.3. The van der Waals surface area contributed by atoms with E-state index < -0.39 is 0 Å². The molecule has 0 spiro atoms. The number of phenolic OH excluding ortho intramolecular Hbond substituents is 2. The summed E-state index contributed by atoms with van der Waals surface area (Å²) in [5.41, 5.74) is 3.24. The molecule has 6 heteroatoms. The van der Waals surface area contributed by atoms with E-state index in [1.165, 1.54) is 12.8 Å². The summed E-state index contributed by atoms with van der Waals surface area (Å²) in [4.78, 5) is 9.40. The number of hydrogen-bond donors (Lipinski definition) is 2. The van der Waals surface area contributed by atoms with Crippen LogP contribution in [0.2, 0.25) is 0 Å². The number of rotatable bonds is 15. The lowest BCUT2D eigenvalue weighted by Gasteiger charge is -2.20. The Balaban J connectivity index is 1.53. The highest BCUT2D eigenvalue weighted by Gasteiger charge is 2.25. The van der Waals surface area contributed by atoms with E-state index in [4.69, 9.17) is 19.4 Å². The predicted molar refractivity (Wildman–Crippen MR) is 196 cm³/mol. The van der Waals surface area contributed by atoms with Crippen molar-refractivity contribution in [3.8, 4) is 56.6 Å². The van der Waals surface area contributed by atoms with Crippen molar-refractivity contribution in [2.24, 2.45) is 0 Å². The lowest BCUT2D eigenvalue weighted by Crippen LogP contribution is -2.01. The maximum Gasteiger partial charge on any atom is 0.145 e. The van der Waals surface area contributed by atoms with Crippen LogP contribution in [0.15, 0.2) is 97.3 Å². The summed E-state index contributed by atoms with van der Waals surface area (Å²) in [5, 5.41) is 28.0. The predicted octanol–water partition coefficient (Wildman–Crippen LogP) is 11.1. The average molecular weight is 641 g/mol. The van der Waals surface area contributed by atoms with Crippen molar-refractivity contribution in [2.45, 2.75) is 65.2 Å². The van der Waals surface area contributed by atoms with Gasteiger partial charge in [-0.1, -0.05) is 101 Å². The molecule has 6 nitrogen and oxygen atoms in total. The van der Waals surface area contributed by atoms with Gasteiger partial charge in [0.15, 0.2) is 0 Å². The number of pyridine rings is 2. The molecule has 0 amide bonds. The lowest BCUT2D eigenvalue weighted by atomic mass is 9.87. The molecule has 246 valence electrons. The zero-order valence-electron chi connectivity index (χ0n) is 27.9. The van der Waals surface area contributed by atoms with Crippen molar-refractivity contribution >= 4 is 21.5 Å². The first-order valence-corrected chi connectivity index (χ1v) is 17.3. The summed E-state index contributed by atoms with van der Waals surface area (Å²) < 4.78 is 12.5. The molecule has 0 bridgehead atoms. The Bertz CT molecular complexity index is 1860. The van der Waals surface area contributed by atoms with Gasteiger partial charge in [0.2, 0.25) is 0 Å². The zero-order valence-corrected chi connectivity index (χ0v) is 27.9. The van der Waals surface area contributed by atoms with E-state index in [2.05, 4.69) is 13.8 Å². The quantitative estimate of drug-likeness (QED) is 0.109. The van der Waals surface area contributed by atoms with Gasteiger partial charge >= 0.3 is 0 Å². The van der Waals surface area contributed by atoms with E-state index in [1.807, 2.05) is 84.9 Å². The molecule has 2 aromatic heterocycles. The Hall–Kier alpha value is -5.10. The second-order valence-electron chi connectivity index (χ2n) is 12.3. The van der Waals surface area contributed by atoms with Gasteiger partial charge in [0.1, 0.15) is 34.4 Å². The minimum atomic E-state index is 0.0225. The van der Waals surface area contributed by atoms with Gasteiger partial charge in [0.25, 0.3) is 0 Å². The zero-order chi connectivity index (χ0) is 33.3. The first-order chi connectivity index (χ1) is 23.6. The molecule has 0 unspecified atom stereocenters. The Morgan fingerprint density at radius 1 is 0.521 bits per heavy atom. The number of aromatic hydroxyl groups is 2. The smallest absolute Gasteiger partial charge is 0.145 e. The topological polar surface area (TPSA) is 84.7 Å². The van der Waals surface area contributed by atoms with E-state index in [0.717, 1.165) is 60.1 Å². The van der Waals surface area contributed by atoms with Crippen LogP contribution in [0.4, 0.5) is 0 Å². The highest BCUT2D eigenvalue weighted by atomic mass is 16.5. The van der Waals surface area contributed by atoms with Crippen LogP contribution in [0.5, 0.6) is 23.0 Å². The Morgan fingerprint density at radius 3 is 1.40 bits per heavy atom. The molecular formula is C42H44N2O4. The van der Waals surface area contributed by atoms with Crippen molar-refractivity contribution in [3.05, 3.63) is 97.3 Å². The van der Waals surface area contributed by atoms with E-state index >= 15 is 0 Å². The van der Waals surface area contributed by atoms with Gasteiger partial charge in [0, 0.05) is 34.6 Å². The summed E-state index contributed by atoms with van der Waals surface area (Å²) in [6.07, 6.45) is 12.2. The number of nitrogens with zero attached hydrogens (tertiary/aromatic N) is 2. The molecule has 6 aromatic rings. The summed E-state index contributed by atoms with van der Waals surface area (Å²) in [5.74, 6) is 1.27. The van der Waals surface area contributed by atoms with Gasteiger partial charge in [-0.25, -0.2) is 0 Å². The molecule has 0 fully saturated rings. The molecule has 0 radical (unpaired) electrons. The summed E-state index contributed by atoms with van der Waals surface area (Å²) in [6, 6.07) is 27.2. The second-order valence-corrected chi connectivity index (χ2v) is 12.3. The van der Waals surface area contributed by atoms with Crippen molar-refractivity contribution in [2.75, 3.05) is 13.2 Å². The van der Waals surface area contributed by atoms with Gasteiger partial charge in [-0.3, -0.25) is 9.97 Å². The molecule has 0 aliphatic rings. The first kappa shape index (κ1) is 32.8. The number of benzene rings is 4. The molecule has 2 N–H and O–H groups in total. The number of phenols is 2. The third kappa shape index (κ3) is 6.93. The molecule has 48 heavy (non-hydrogen) atoms. The van der Waals surface area contributed by atoms with Gasteiger partial charge in [-0.2, -0.15) is 0 Å². The minimum Gasteiger partial charge on any atom is -0.507 e. The van der Waals surface area contributed by atoms with Crippen molar-refractivity contribution < 1.29 is 19.7 Å². The molecule has 2 heterocycles. The third-order valence-corrected chi connectivity index (χ3v) is 8.86. The maximum atomic E-state index is 12.3. The SMILES string of the molecule is CCCCCCOc1cccnc1-c1cc2ccccc2c(-c2c(O)c(-c3ncccc3OCCCCCC)cc3ccccc23)c1O. The number of unbranched alkanes of at least 4 members (excludes halogenated alkanes) is 6. The van der Waals surface area contributed by atoms with E-state index in [1.54, 1.807) is 12.4 Å². The van der Waals surface area contributed by atoms with Gasteiger partial charge in [-0.15, -0.1) is 0 Å². The average Bonchev–Trinajstić information content (AvgIpc) is 3.12. The van der Waals surface area contributed by atoms with Crippen LogP contribution >= 0.6 is 0 Å². The minimum absolute atomic E-state index is 0.0225. The molecule has 0 aliphatic carbocycles. The summed E-state index contributed by atoms with van der Waals surface area (Å²) >= 11 is 0. The summed E-state index contributed by atoms with van der Waals surface area (Å²) in [6.45, 7) is 5.52. The van der Waals surface area contributed by atoms with Crippen LogP contribution in [0.25, 0.3) is 55.2 Å². The fraction of sp³-hybridized carbons (Fsp3) is 0.286. The van der Waals surface area contributed by atoms with Crippen LogP contribution in [-0.2, 0) is 0 Å². The monoisotopic (exact) mass is 640 g/mol. The molecule has 6 rings (SSSR count). The molecule has 0 atom stereocenters. The van der Waals surface area contributed by atoms with Crippen molar-refractivity contribution in [3.63, 3.8) is 0 Å². The van der Waals surface area contributed by atoms with Gasteiger partial charge in [-0.05, 0) is 70.8 Å². The fourth-order valence-electron chi connectivity index (χ4n) is 6.38. The highest BCUT2D eigenvalue weighted by molar-refractivity contribution is 6.14. The standard InChI is InChI=1S/C42H44N2O4/c1-3-5-7-13-25-47-35-21-15-23-43-39(35)33-27-29-17-9-11-19-31(29)37(41(33)45)38-32-20-12-10-18-30(32)28-34(42(38)46)40-36(22-16-24-44-40)48-26-14-8-6-4-2/h9-12,15-24,27-28,45-46H,3-8,13-14,25-26H2,1-2H3. The lowest BCUT2D eigenvalue weighted by molar-refractivity contribution is 0.305. The third-order valence-electron chi connectivity index (χ3n) is 8.86. The molecule has 0 aliphatic heterocycles. The molecule has 4 aromatic carbocycles. The Labute approximate surface area is 283 Å². The second kappa shape index (κ2) is 15.7. The molecule has 0 saturated heterocycles. The highest BCUT2D eigenvalue weighted by Crippen LogP contribution is 2.52. The van der Waals surface area contributed by atoms with Crippen LogP contribution < -0.4 is 9.47 Å². The molecule has 0 saturated carbocycles. The number of ether oxygens (including phenoxy) is 2. The van der Waals surface area contributed by atoms with Crippen LogP contribution in [0, 0.1) is 0 Å². The first-order valence-electron chi connectivity index (χ1n) is 17.3. The Morgan fingerprint density at radius 2 is 0.958 bits per heavy atom. The van der Waals surface area contributed by atoms with Gasteiger partial charge in [0.05, 0.1) is 13.2 Å². The Kier molecular flexibility index (Phi) is 10.7. The fourth-order valence-corrected chi connectivity index (χ4v) is 6.38. The van der Waals surface area contributed by atoms with E-state index in [0.29, 0.717) is 58.4 Å². The normalized spacial score (nSPS) is 11.3. The summed E-state index contributed by atoms with van der Waals surface area (Å²) in [7, 11) is 0. The largest absolute Gasteiger partial charge is 0.507 e. The van der Waals surface area contributed by atoms with E-state index in [-0.39, 0.29) is 11.5 Å². The van der Waals surface area contributed by atoms with Gasteiger partial charge < -0.3 is 19.7 Å². The number of aromatic nitrogens is 2. The van der Waals surface area contributed by atoms with Crippen LogP contribution in [0.3, 0.4) is 0 Å². The van der Waals surface area contributed by atoms with E-state index in [9.17, 15) is 10.2 Å². The van der Waals surface area contributed by atoms with Crippen LogP contribution in [-0.4, -0.2) is 33.4 Å².